The smallest absolute Gasteiger partial charge is 0.268 e. The van der Waals surface area contributed by atoms with Crippen LogP contribution in [0, 0.1) is 13.8 Å². The van der Waals surface area contributed by atoms with Crippen LogP contribution in [0.5, 0.6) is 11.5 Å². The predicted molar refractivity (Wildman–Crippen MR) is 102 cm³/mol. The molecule has 0 aliphatic heterocycles. The van der Waals surface area contributed by atoms with Crippen molar-refractivity contribution in [1.82, 2.24) is 20.4 Å². The Morgan fingerprint density at radius 1 is 0.926 bits per heavy atom. The molecule has 0 aliphatic carbocycles. The first-order valence-corrected chi connectivity index (χ1v) is 8.82. The average Bonchev–Trinajstić information content (AvgIpc) is 3.17. The zero-order valence-corrected chi connectivity index (χ0v) is 15.9. The maximum Gasteiger partial charge on any atom is 0.268 e. The summed E-state index contributed by atoms with van der Waals surface area (Å²) in [5.41, 5.74) is 2.58. The van der Waals surface area contributed by atoms with Crippen LogP contribution in [0.3, 0.4) is 0 Å². The van der Waals surface area contributed by atoms with Gasteiger partial charge in [0.15, 0.2) is 11.5 Å². The number of nitrogens with one attached hydrogen (secondary N) is 4. The maximum atomic E-state index is 12.5. The highest BCUT2D eigenvalue weighted by Crippen LogP contribution is 2.36. The molecular weight excluding hydrogens is 348 g/mol. The molecular formula is C19H24N4O4. The molecule has 0 bridgehead atoms. The molecule has 0 amide bonds. The van der Waals surface area contributed by atoms with E-state index >= 15 is 0 Å². The quantitative estimate of drug-likeness (QED) is 0.509. The summed E-state index contributed by atoms with van der Waals surface area (Å²) in [6.45, 7) is 6.20. The molecule has 3 rings (SSSR count). The summed E-state index contributed by atoms with van der Waals surface area (Å²) in [4.78, 5) is 24.9. The predicted octanol–water partition coefficient (Wildman–Crippen LogP) is 2.31. The van der Waals surface area contributed by atoms with Crippen LogP contribution >= 0.6 is 0 Å². The fourth-order valence-corrected chi connectivity index (χ4v) is 3.28. The van der Waals surface area contributed by atoms with E-state index in [0.29, 0.717) is 40.6 Å². The highest BCUT2D eigenvalue weighted by atomic mass is 16.5. The van der Waals surface area contributed by atoms with Crippen LogP contribution in [-0.4, -0.2) is 34.1 Å². The standard InChI is InChI=1S/C19H24N4O4/c1-5-8-27-13-7-6-12(9-14(13)26-4)17(15-10(2)20-22-18(15)24)16-11(3)21-23-19(16)25/h6-7,9,17H,5,8H2,1-4H3,(H2,20,22,24)(H2,21,23,25). The van der Waals surface area contributed by atoms with Crippen LogP contribution in [0.1, 0.15) is 47.3 Å². The van der Waals surface area contributed by atoms with E-state index in [1.807, 2.05) is 25.1 Å². The molecule has 2 heterocycles. The zero-order chi connectivity index (χ0) is 19.6. The molecule has 1 aromatic carbocycles. The number of ether oxygens (including phenoxy) is 2. The number of aromatic amines is 4. The van der Waals surface area contributed by atoms with E-state index in [4.69, 9.17) is 9.47 Å². The van der Waals surface area contributed by atoms with Crippen molar-refractivity contribution in [1.29, 1.82) is 0 Å². The van der Waals surface area contributed by atoms with E-state index in [1.54, 1.807) is 21.0 Å². The fourth-order valence-electron chi connectivity index (χ4n) is 3.28. The Bertz CT molecular complexity index is 986. The molecule has 8 heteroatoms. The highest BCUT2D eigenvalue weighted by molar-refractivity contribution is 5.50. The minimum atomic E-state index is -0.552. The molecule has 4 N–H and O–H groups in total. The summed E-state index contributed by atoms with van der Waals surface area (Å²) in [6, 6.07) is 5.48. The van der Waals surface area contributed by atoms with Gasteiger partial charge in [-0.05, 0) is 38.0 Å². The lowest BCUT2D eigenvalue weighted by Gasteiger charge is -2.18. The van der Waals surface area contributed by atoms with Crippen LogP contribution in [0.25, 0.3) is 0 Å². The number of H-pyrrole nitrogens is 4. The molecule has 27 heavy (non-hydrogen) atoms. The zero-order valence-electron chi connectivity index (χ0n) is 15.9. The lowest BCUT2D eigenvalue weighted by molar-refractivity contribution is 0.294. The van der Waals surface area contributed by atoms with Gasteiger partial charge < -0.3 is 19.7 Å². The van der Waals surface area contributed by atoms with E-state index in [2.05, 4.69) is 20.4 Å². The molecule has 0 unspecified atom stereocenters. The topological polar surface area (TPSA) is 116 Å². The highest BCUT2D eigenvalue weighted by Gasteiger charge is 2.28. The van der Waals surface area contributed by atoms with Gasteiger partial charge in [-0.2, -0.15) is 0 Å². The van der Waals surface area contributed by atoms with Crippen LogP contribution in [0.4, 0.5) is 0 Å². The summed E-state index contributed by atoms with van der Waals surface area (Å²) >= 11 is 0. The van der Waals surface area contributed by atoms with Gasteiger partial charge in [-0.25, -0.2) is 0 Å². The average molecular weight is 372 g/mol. The van der Waals surface area contributed by atoms with E-state index in [9.17, 15) is 9.59 Å². The lowest BCUT2D eigenvalue weighted by atomic mass is 9.85. The molecule has 144 valence electrons. The van der Waals surface area contributed by atoms with Crippen molar-refractivity contribution < 1.29 is 9.47 Å². The molecule has 0 spiro atoms. The first-order chi connectivity index (χ1) is 13.0. The minimum Gasteiger partial charge on any atom is -0.493 e. The Balaban J connectivity index is 2.20. The Morgan fingerprint density at radius 3 is 1.96 bits per heavy atom. The van der Waals surface area contributed by atoms with E-state index < -0.39 is 5.92 Å². The van der Waals surface area contributed by atoms with Gasteiger partial charge in [0.1, 0.15) is 0 Å². The third-order valence-electron chi connectivity index (χ3n) is 4.58. The first kappa shape index (κ1) is 18.6. The Hall–Kier alpha value is -3.16. The van der Waals surface area contributed by atoms with Gasteiger partial charge in [0.05, 0.1) is 24.8 Å². The molecule has 0 saturated carbocycles. The Morgan fingerprint density at radius 2 is 1.52 bits per heavy atom. The van der Waals surface area contributed by atoms with Gasteiger partial charge in [-0.15, -0.1) is 0 Å². The summed E-state index contributed by atoms with van der Waals surface area (Å²) in [7, 11) is 1.57. The molecule has 2 aromatic heterocycles. The van der Waals surface area contributed by atoms with E-state index in [1.165, 1.54) is 0 Å². The molecule has 0 fully saturated rings. The van der Waals surface area contributed by atoms with Crippen LogP contribution in [-0.2, 0) is 0 Å². The van der Waals surface area contributed by atoms with Crippen LogP contribution in [0.15, 0.2) is 27.8 Å². The molecule has 0 radical (unpaired) electrons. The van der Waals surface area contributed by atoms with E-state index in [-0.39, 0.29) is 11.1 Å². The van der Waals surface area contributed by atoms with Crippen molar-refractivity contribution in [3.05, 3.63) is 67.0 Å². The van der Waals surface area contributed by atoms with Gasteiger partial charge in [0.25, 0.3) is 11.1 Å². The fraction of sp³-hybridized carbons (Fsp3) is 0.368. The van der Waals surface area contributed by atoms with Crippen molar-refractivity contribution in [2.75, 3.05) is 13.7 Å². The van der Waals surface area contributed by atoms with Crippen molar-refractivity contribution in [2.24, 2.45) is 0 Å². The van der Waals surface area contributed by atoms with Crippen molar-refractivity contribution in [3.8, 4) is 11.5 Å². The third kappa shape index (κ3) is 3.42. The Labute approximate surface area is 155 Å². The number of benzene rings is 1. The summed E-state index contributed by atoms with van der Waals surface area (Å²) in [5, 5.41) is 10.9. The lowest BCUT2D eigenvalue weighted by Crippen LogP contribution is -2.20. The number of rotatable bonds is 7. The minimum absolute atomic E-state index is 0.261. The van der Waals surface area contributed by atoms with Gasteiger partial charge in [0, 0.05) is 17.3 Å². The van der Waals surface area contributed by atoms with Gasteiger partial charge in [-0.1, -0.05) is 13.0 Å². The monoisotopic (exact) mass is 372 g/mol. The van der Waals surface area contributed by atoms with Gasteiger partial charge >= 0.3 is 0 Å². The number of aryl methyl sites for hydroxylation is 2. The third-order valence-corrected chi connectivity index (χ3v) is 4.58. The number of hydrogen-bond acceptors (Lipinski definition) is 4. The van der Waals surface area contributed by atoms with Gasteiger partial charge in [-0.3, -0.25) is 19.8 Å². The Kier molecular flexibility index (Phi) is 5.25. The second kappa shape index (κ2) is 7.61. The largest absolute Gasteiger partial charge is 0.493 e. The summed E-state index contributed by atoms with van der Waals surface area (Å²) in [5.74, 6) is 0.630. The molecule has 0 atom stereocenters. The second-order valence-corrected chi connectivity index (χ2v) is 6.43. The molecule has 0 aliphatic rings. The SMILES string of the molecule is CCCOc1ccc(C(c2c(C)[nH][nH]c2=O)c2c(C)[nH][nH]c2=O)cc1OC. The maximum absolute atomic E-state index is 12.5. The normalized spacial score (nSPS) is 11.1. The van der Waals surface area contributed by atoms with Crippen LogP contribution < -0.4 is 20.6 Å². The molecule has 0 saturated heterocycles. The van der Waals surface area contributed by atoms with Crippen LogP contribution in [0.2, 0.25) is 0 Å². The number of aromatic nitrogens is 4. The summed E-state index contributed by atoms with van der Waals surface area (Å²) in [6.07, 6.45) is 0.878. The number of hydrogen-bond donors (Lipinski definition) is 4. The van der Waals surface area contributed by atoms with Crippen molar-refractivity contribution >= 4 is 0 Å². The molecule has 8 nitrogen and oxygen atoms in total. The second-order valence-electron chi connectivity index (χ2n) is 6.43. The first-order valence-electron chi connectivity index (χ1n) is 8.82. The number of methoxy groups -OCH3 is 1. The van der Waals surface area contributed by atoms with E-state index in [0.717, 1.165) is 12.0 Å². The van der Waals surface area contributed by atoms with Crippen molar-refractivity contribution in [2.45, 2.75) is 33.1 Å². The van der Waals surface area contributed by atoms with Gasteiger partial charge in [0.2, 0.25) is 0 Å². The van der Waals surface area contributed by atoms with Crippen molar-refractivity contribution in [3.63, 3.8) is 0 Å². The molecule has 3 aromatic rings. The summed E-state index contributed by atoms with van der Waals surface area (Å²) < 4.78 is 11.2.